The molecule has 7 nitrogen and oxygen atoms in total. The van der Waals surface area contributed by atoms with E-state index >= 15 is 0 Å². The standard InChI is InChI=1S/C17H26N4O3/c1-14(23)21-11-17(10-16(21,2)12-22)3-6-20(7-4-17)15(24)9-19-8-5-18-13-19/h5,8,13,22H,3-4,6-7,9-12H2,1-2H3. The van der Waals surface area contributed by atoms with Crippen LogP contribution >= 0.6 is 0 Å². The highest BCUT2D eigenvalue weighted by Crippen LogP contribution is 2.47. The van der Waals surface area contributed by atoms with E-state index in [0.717, 1.165) is 19.3 Å². The van der Waals surface area contributed by atoms with Crippen molar-refractivity contribution in [3.8, 4) is 0 Å². The van der Waals surface area contributed by atoms with Crippen molar-refractivity contribution in [3.05, 3.63) is 18.7 Å². The molecule has 0 aromatic carbocycles. The van der Waals surface area contributed by atoms with Gasteiger partial charge in [-0.05, 0) is 31.6 Å². The number of hydrogen-bond acceptors (Lipinski definition) is 4. The molecule has 2 aliphatic heterocycles. The van der Waals surface area contributed by atoms with Crippen LogP contribution in [-0.4, -0.2) is 68.1 Å². The number of carbonyl (C=O) groups excluding carboxylic acids is 2. The van der Waals surface area contributed by atoms with E-state index in [0.29, 0.717) is 26.2 Å². The number of aliphatic hydroxyl groups is 1. The topological polar surface area (TPSA) is 78.7 Å². The summed E-state index contributed by atoms with van der Waals surface area (Å²) in [5, 5.41) is 9.78. The van der Waals surface area contributed by atoms with Crippen LogP contribution in [0.25, 0.3) is 0 Å². The van der Waals surface area contributed by atoms with Crippen molar-refractivity contribution < 1.29 is 14.7 Å². The fourth-order valence-electron chi connectivity index (χ4n) is 4.32. The van der Waals surface area contributed by atoms with Gasteiger partial charge in [-0.15, -0.1) is 0 Å². The summed E-state index contributed by atoms with van der Waals surface area (Å²) in [6.07, 6.45) is 7.67. The lowest BCUT2D eigenvalue weighted by molar-refractivity contribution is -0.136. The molecule has 1 spiro atoms. The number of aliphatic hydroxyl groups excluding tert-OH is 1. The number of amides is 2. The zero-order valence-electron chi connectivity index (χ0n) is 14.4. The third-order valence-corrected chi connectivity index (χ3v) is 5.68. The Morgan fingerprint density at radius 1 is 1.29 bits per heavy atom. The number of carbonyl (C=O) groups is 2. The molecule has 1 atom stereocenters. The summed E-state index contributed by atoms with van der Waals surface area (Å²) in [5.74, 6) is 0.122. The fourth-order valence-corrected chi connectivity index (χ4v) is 4.32. The van der Waals surface area contributed by atoms with Crippen LogP contribution in [-0.2, 0) is 16.1 Å². The van der Waals surface area contributed by atoms with Crippen molar-refractivity contribution in [1.29, 1.82) is 0 Å². The molecule has 1 aromatic rings. The lowest BCUT2D eigenvalue weighted by Crippen LogP contribution is -2.46. The number of hydrogen-bond donors (Lipinski definition) is 1. The highest BCUT2D eigenvalue weighted by Gasteiger charge is 2.52. The molecule has 0 radical (unpaired) electrons. The molecule has 2 fully saturated rings. The van der Waals surface area contributed by atoms with Crippen molar-refractivity contribution >= 4 is 11.8 Å². The van der Waals surface area contributed by atoms with Gasteiger partial charge >= 0.3 is 0 Å². The van der Waals surface area contributed by atoms with Gasteiger partial charge in [0.05, 0.1) is 18.5 Å². The first-order valence-electron chi connectivity index (χ1n) is 8.50. The molecule has 1 N–H and O–H groups in total. The Labute approximate surface area is 142 Å². The number of rotatable bonds is 3. The van der Waals surface area contributed by atoms with Gasteiger partial charge in [-0.3, -0.25) is 9.59 Å². The minimum absolute atomic E-state index is 0.0158. The molecule has 2 aliphatic rings. The number of likely N-dealkylation sites (tertiary alicyclic amines) is 2. The number of aromatic nitrogens is 2. The van der Waals surface area contributed by atoms with E-state index in [2.05, 4.69) is 4.98 Å². The van der Waals surface area contributed by atoms with E-state index in [1.807, 2.05) is 16.7 Å². The largest absolute Gasteiger partial charge is 0.394 e. The molecule has 0 aliphatic carbocycles. The van der Waals surface area contributed by atoms with Crippen LogP contribution in [0.1, 0.15) is 33.1 Å². The molecule has 3 heterocycles. The molecule has 24 heavy (non-hydrogen) atoms. The quantitative estimate of drug-likeness (QED) is 0.873. The minimum Gasteiger partial charge on any atom is -0.394 e. The first-order valence-corrected chi connectivity index (χ1v) is 8.50. The van der Waals surface area contributed by atoms with Gasteiger partial charge in [0.1, 0.15) is 6.54 Å². The second kappa shape index (κ2) is 6.20. The average Bonchev–Trinajstić information content (AvgIpc) is 3.15. The van der Waals surface area contributed by atoms with Gasteiger partial charge < -0.3 is 19.5 Å². The first-order chi connectivity index (χ1) is 11.4. The Morgan fingerprint density at radius 3 is 2.50 bits per heavy atom. The molecular weight excluding hydrogens is 308 g/mol. The molecule has 7 heteroatoms. The van der Waals surface area contributed by atoms with E-state index in [9.17, 15) is 14.7 Å². The van der Waals surface area contributed by atoms with Gasteiger partial charge in [-0.1, -0.05) is 0 Å². The molecule has 0 bridgehead atoms. The SMILES string of the molecule is CC(=O)N1CC2(CCN(C(=O)Cn3ccnc3)CC2)CC1(C)CO. The molecule has 2 saturated heterocycles. The molecule has 132 valence electrons. The number of imidazole rings is 1. The monoisotopic (exact) mass is 334 g/mol. The van der Waals surface area contributed by atoms with Crippen LogP contribution in [0.5, 0.6) is 0 Å². The van der Waals surface area contributed by atoms with Crippen LogP contribution in [0.15, 0.2) is 18.7 Å². The summed E-state index contributed by atoms with van der Waals surface area (Å²) in [7, 11) is 0. The molecule has 1 aromatic heterocycles. The van der Waals surface area contributed by atoms with Gasteiger partial charge in [0.2, 0.25) is 11.8 Å². The molecule has 2 amide bonds. The van der Waals surface area contributed by atoms with Crippen molar-refractivity contribution in [2.45, 2.75) is 45.2 Å². The number of nitrogens with zero attached hydrogens (tertiary/aromatic N) is 4. The van der Waals surface area contributed by atoms with E-state index in [4.69, 9.17) is 0 Å². The van der Waals surface area contributed by atoms with Crippen LogP contribution in [0.2, 0.25) is 0 Å². The van der Waals surface area contributed by atoms with Gasteiger partial charge in [0.25, 0.3) is 0 Å². The van der Waals surface area contributed by atoms with Crippen LogP contribution in [0.3, 0.4) is 0 Å². The summed E-state index contributed by atoms with van der Waals surface area (Å²) in [6, 6.07) is 0. The van der Waals surface area contributed by atoms with E-state index in [-0.39, 0.29) is 23.8 Å². The minimum atomic E-state index is -0.477. The third-order valence-electron chi connectivity index (χ3n) is 5.68. The van der Waals surface area contributed by atoms with Gasteiger partial charge in [0, 0.05) is 39.0 Å². The lowest BCUT2D eigenvalue weighted by Gasteiger charge is -2.39. The van der Waals surface area contributed by atoms with E-state index in [1.165, 1.54) is 0 Å². The Bertz CT molecular complexity index is 607. The summed E-state index contributed by atoms with van der Waals surface area (Å²) < 4.78 is 1.78. The Kier molecular flexibility index (Phi) is 4.38. The second-order valence-electron chi connectivity index (χ2n) is 7.55. The Balaban J connectivity index is 1.62. The first kappa shape index (κ1) is 17.0. The Hall–Kier alpha value is -1.89. The number of piperidine rings is 1. The van der Waals surface area contributed by atoms with Crippen LogP contribution in [0, 0.1) is 5.41 Å². The summed E-state index contributed by atoms with van der Waals surface area (Å²) in [4.78, 5) is 32.0. The van der Waals surface area contributed by atoms with Gasteiger partial charge in [-0.2, -0.15) is 0 Å². The Morgan fingerprint density at radius 2 is 2.00 bits per heavy atom. The lowest BCUT2D eigenvalue weighted by atomic mass is 9.74. The van der Waals surface area contributed by atoms with Crippen molar-refractivity contribution in [2.24, 2.45) is 5.41 Å². The molecule has 0 saturated carbocycles. The normalized spacial score (nSPS) is 26.1. The molecule has 1 unspecified atom stereocenters. The molecule has 3 rings (SSSR count). The maximum absolute atomic E-state index is 12.4. The highest BCUT2D eigenvalue weighted by atomic mass is 16.3. The van der Waals surface area contributed by atoms with Crippen molar-refractivity contribution in [3.63, 3.8) is 0 Å². The van der Waals surface area contributed by atoms with E-state index in [1.54, 1.807) is 30.2 Å². The summed E-state index contributed by atoms with van der Waals surface area (Å²) in [5.41, 5.74) is -0.455. The van der Waals surface area contributed by atoms with Crippen LogP contribution in [0.4, 0.5) is 0 Å². The maximum atomic E-state index is 12.4. The summed E-state index contributed by atoms with van der Waals surface area (Å²) in [6.45, 7) is 5.93. The maximum Gasteiger partial charge on any atom is 0.242 e. The van der Waals surface area contributed by atoms with Crippen LogP contribution < -0.4 is 0 Å². The predicted molar refractivity (Wildman–Crippen MR) is 88.0 cm³/mol. The zero-order valence-corrected chi connectivity index (χ0v) is 14.4. The second-order valence-corrected chi connectivity index (χ2v) is 7.55. The average molecular weight is 334 g/mol. The molecular formula is C17H26N4O3. The summed E-state index contributed by atoms with van der Waals surface area (Å²) >= 11 is 0. The van der Waals surface area contributed by atoms with Crippen molar-refractivity contribution in [2.75, 3.05) is 26.2 Å². The zero-order chi connectivity index (χ0) is 17.4. The van der Waals surface area contributed by atoms with E-state index < -0.39 is 5.54 Å². The highest BCUT2D eigenvalue weighted by molar-refractivity contribution is 5.76. The smallest absolute Gasteiger partial charge is 0.242 e. The van der Waals surface area contributed by atoms with Gasteiger partial charge in [0.15, 0.2) is 0 Å². The predicted octanol–water partition coefficient (Wildman–Crippen LogP) is 0.495. The third kappa shape index (κ3) is 3.05. The fraction of sp³-hybridized carbons (Fsp3) is 0.706. The van der Waals surface area contributed by atoms with Crippen molar-refractivity contribution in [1.82, 2.24) is 19.4 Å². The van der Waals surface area contributed by atoms with Gasteiger partial charge in [-0.25, -0.2) is 4.98 Å².